The summed E-state index contributed by atoms with van der Waals surface area (Å²) in [4.78, 5) is 18.9. The van der Waals surface area contributed by atoms with E-state index in [9.17, 15) is 9.90 Å². The fraction of sp³-hybridized carbons (Fsp3) is 0.429. The number of thioether (sulfide) groups is 1. The topological polar surface area (TPSA) is 57.8 Å². The molecule has 0 saturated carbocycles. The number of rotatable bonds is 3. The van der Waals surface area contributed by atoms with Crippen molar-refractivity contribution in [1.29, 1.82) is 0 Å². The third kappa shape index (κ3) is 2.09. The van der Waals surface area contributed by atoms with Gasteiger partial charge in [-0.25, -0.2) is 4.98 Å². The molecular weight excluding hydrogens is 274 g/mol. The summed E-state index contributed by atoms with van der Waals surface area (Å²) < 4.78 is 1.93. The average molecular weight is 291 g/mol. The van der Waals surface area contributed by atoms with Crippen LogP contribution in [-0.2, 0) is 0 Å². The Labute approximate surface area is 121 Å². The number of carbonyl (C=O) groups is 1. The van der Waals surface area contributed by atoms with Crippen LogP contribution in [0.25, 0.3) is 5.52 Å². The SMILES string of the molecule is CSc1nc(C(=O)N2CCC[C@@H]2CO)c2ccccn12. The van der Waals surface area contributed by atoms with Crippen molar-refractivity contribution < 1.29 is 9.90 Å². The van der Waals surface area contributed by atoms with E-state index in [0.29, 0.717) is 12.2 Å². The van der Waals surface area contributed by atoms with Crippen LogP contribution in [-0.4, -0.2) is 50.7 Å². The first-order valence-electron chi connectivity index (χ1n) is 6.69. The second-order valence-corrected chi connectivity index (χ2v) is 5.65. The van der Waals surface area contributed by atoms with Crippen LogP contribution in [0.3, 0.4) is 0 Å². The summed E-state index contributed by atoms with van der Waals surface area (Å²) in [5.74, 6) is -0.0782. The Balaban J connectivity index is 2.03. The molecule has 1 aliphatic rings. The van der Waals surface area contributed by atoms with Gasteiger partial charge in [0, 0.05) is 12.7 Å². The van der Waals surface area contributed by atoms with Gasteiger partial charge in [-0.3, -0.25) is 9.20 Å². The molecule has 2 aromatic rings. The highest BCUT2D eigenvalue weighted by molar-refractivity contribution is 7.98. The van der Waals surface area contributed by atoms with E-state index in [2.05, 4.69) is 4.98 Å². The van der Waals surface area contributed by atoms with Crippen molar-refractivity contribution in [1.82, 2.24) is 14.3 Å². The fourth-order valence-corrected chi connectivity index (χ4v) is 3.28. The van der Waals surface area contributed by atoms with Gasteiger partial charge in [0.25, 0.3) is 5.91 Å². The molecule has 0 aromatic carbocycles. The lowest BCUT2D eigenvalue weighted by Crippen LogP contribution is -2.37. The fourth-order valence-electron chi connectivity index (χ4n) is 2.74. The number of carbonyl (C=O) groups excluding carboxylic acids is 1. The van der Waals surface area contributed by atoms with Gasteiger partial charge in [0.15, 0.2) is 10.9 Å². The molecular formula is C14H17N3O2S. The molecule has 2 aromatic heterocycles. The lowest BCUT2D eigenvalue weighted by Gasteiger charge is -2.22. The van der Waals surface area contributed by atoms with Gasteiger partial charge in [-0.2, -0.15) is 0 Å². The second-order valence-electron chi connectivity index (χ2n) is 4.88. The zero-order valence-electron chi connectivity index (χ0n) is 11.3. The van der Waals surface area contributed by atoms with E-state index in [0.717, 1.165) is 23.5 Å². The molecule has 1 aliphatic heterocycles. The van der Waals surface area contributed by atoms with Gasteiger partial charge in [-0.05, 0) is 31.2 Å². The lowest BCUT2D eigenvalue weighted by atomic mass is 10.2. The zero-order valence-corrected chi connectivity index (χ0v) is 12.1. The van der Waals surface area contributed by atoms with E-state index in [4.69, 9.17) is 0 Å². The van der Waals surface area contributed by atoms with Crippen molar-refractivity contribution >= 4 is 23.2 Å². The maximum Gasteiger partial charge on any atom is 0.275 e. The molecule has 0 radical (unpaired) electrons. The van der Waals surface area contributed by atoms with Crippen molar-refractivity contribution in [2.45, 2.75) is 24.0 Å². The number of nitrogens with zero attached hydrogens (tertiary/aromatic N) is 3. The Morgan fingerprint density at radius 3 is 3.15 bits per heavy atom. The first kappa shape index (κ1) is 13.5. The highest BCUT2D eigenvalue weighted by Gasteiger charge is 2.31. The number of hydrogen-bond acceptors (Lipinski definition) is 4. The normalized spacial score (nSPS) is 18.9. The van der Waals surface area contributed by atoms with Gasteiger partial charge >= 0.3 is 0 Å². The van der Waals surface area contributed by atoms with Crippen LogP contribution in [0.4, 0.5) is 0 Å². The Hall–Kier alpha value is -1.53. The Bertz CT molecular complexity index is 640. The molecule has 1 N–H and O–H groups in total. The summed E-state index contributed by atoms with van der Waals surface area (Å²) in [6, 6.07) is 5.67. The van der Waals surface area contributed by atoms with Gasteiger partial charge in [0.1, 0.15) is 0 Å². The molecule has 0 spiro atoms. The Morgan fingerprint density at radius 2 is 2.40 bits per heavy atom. The number of imidazole rings is 1. The van der Waals surface area contributed by atoms with Crippen LogP contribution in [0.2, 0.25) is 0 Å². The molecule has 6 heteroatoms. The highest BCUT2D eigenvalue weighted by Crippen LogP contribution is 2.24. The van der Waals surface area contributed by atoms with E-state index < -0.39 is 0 Å². The second kappa shape index (κ2) is 5.46. The maximum atomic E-state index is 12.7. The van der Waals surface area contributed by atoms with Crippen LogP contribution in [0.1, 0.15) is 23.3 Å². The first-order valence-corrected chi connectivity index (χ1v) is 7.91. The number of aliphatic hydroxyl groups excluding tert-OH is 1. The average Bonchev–Trinajstić information content (AvgIpc) is 3.10. The van der Waals surface area contributed by atoms with E-state index in [1.54, 1.807) is 4.90 Å². The van der Waals surface area contributed by atoms with E-state index >= 15 is 0 Å². The summed E-state index contributed by atoms with van der Waals surface area (Å²) in [5.41, 5.74) is 1.31. The van der Waals surface area contributed by atoms with Gasteiger partial charge in [0.2, 0.25) is 0 Å². The summed E-state index contributed by atoms with van der Waals surface area (Å²) in [6.45, 7) is 0.720. The van der Waals surface area contributed by atoms with Crippen LogP contribution in [0.5, 0.6) is 0 Å². The predicted octanol–water partition coefficient (Wildman–Crippen LogP) is 1.65. The molecule has 1 amide bonds. The molecule has 0 bridgehead atoms. The molecule has 5 nitrogen and oxygen atoms in total. The van der Waals surface area contributed by atoms with Crippen molar-refractivity contribution in [3.8, 4) is 0 Å². The number of fused-ring (bicyclic) bond motifs is 1. The molecule has 0 aliphatic carbocycles. The third-order valence-electron chi connectivity index (χ3n) is 3.75. The molecule has 106 valence electrons. The van der Waals surface area contributed by atoms with Crippen LogP contribution in [0, 0.1) is 0 Å². The van der Waals surface area contributed by atoms with Crippen LogP contribution >= 0.6 is 11.8 Å². The van der Waals surface area contributed by atoms with Crippen LogP contribution < -0.4 is 0 Å². The lowest BCUT2D eigenvalue weighted by molar-refractivity contribution is 0.0674. The number of likely N-dealkylation sites (tertiary alicyclic amines) is 1. The minimum absolute atomic E-state index is 0.0207. The van der Waals surface area contributed by atoms with Crippen molar-refractivity contribution in [3.63, 3.8) is 0 Å². The quantitative estimate of drug-likeness (QED) is 0.874. The molecule has 3 heterocycles. The summed E-state index contributed by atoms with van der Waals surface area (Å²) in [6.07, 6.45) is 5.67. The summed E-state index contributed by atoms with van der Waals surface area (Å²) in [5, 5.41) is 10.2. The summed E-state index contributed by atoms with van der Waals surface area (Å²) in [7, 11) is 0. The third-order valence-corrected chi connectivity index (χ3v) is 4.40. The first-order chi connectivity index (χ1) is 9.76. The maximum absolute atomic E-state index is 12.7. The van der Waals surface area contributed by atoms with Crippen molar-refractivity contribution in [2.75, 3.05) is 19.4 Å². The number of aliphatic hydroxyl groups is 1. The van der Waals surface area contributed by atoms with Gasteiger partial charge in [-0.15, -0.1) is 0 Å². The number of aromatic nitrogens is 2. The monoisotopic (exact) mass is 291 g/mol. The van der Waals surface area contributed by atoms with E-state index in [-0.39, 0.29) is 18.6 Å². The molecule has 1 fully saturated rings. The molecule has 0 unspecified atom stereocenters. The molecule has 3 rings (SSSR count). The van der Waals surface area contributed by atoms with Crippen molar-refractivity contribution in [3.05, 3.63) is 30.1 Å². The number of hydrogen-bond donors (Lipinski definition) is 1. The standard InChI is InChI=1S/C14H17N3O2S/c1-20-14-15-12(11-6-2-3-7-17(11)14)13(19)16-8-4-5-10(16)9-18/h2-3,6-7,10,18H,4-5,8-9H2,1H3/t10-/m1/s1. The number of pyridine rings is 1. The minimum atomic E-state index is -0.0782. The van der Waals surface area contributed by atoms with E-state index in [1.807, 2.05) is 35.1 Å². The van der Waals surface area contributed by atoms with E-state index in [1.165, 1.54) is 11.8 Å². The van der Waals surface area contributed by atoms with Gasteiger partial charge in [0.05, 0.1) is 18.2 Å². The highest BCUT2D eigenvalue weighted by atomic mass is 32.2. The van der Waals surface area contributed by atoms with Gasteiger partial charge < -0.3 is 10.0 Å². The molecule has 20 heavy (non-hydrogen) atoms. The minimum Gasteiger partial charge on any atom is -0.394 e. The van der Waals surface area contributed by atoms with Crippen LogP contribution in [0.15, 0.2) is 29.6 Å². The largest absolute Gasteiger partial charge is 0.394 e. The Kier molecular flexibility index (Phi) is 3.67. The Morgan fingerprint density at radius 1 is 1.55 bits per heavy atom. The zero-order chi connectivity index (χ0) is 14.1. The number of amides is 1. The molecule has 1 saturated heterocycles. The smallest absolute Gasteiger partial charge is 0.275 e. The van der Waals surface area contributed by atoms with Gasteiger partial charge in [-0.1, -0.05) is 17.8 Å². The van der Waals surface area contributed by atoms with Crippen molar-refractivity contribution in [2.24, 2.45) is 0 Å². The molecule has 1 atom stereocenters. The summed E-state index contributed by atoms with van der Waals surface area (Å²) >= 11 is 1.52. The predicted molar refractivity (Wildman–Crippen MR) is 78.1 cm³/mol.